The zero-order chi connectivity index (χ0) is 15.8. The molecule has 0 saturated carbocycles. The molecular weight excluding hydrogens is 281 g/mol. The SMILES string of the molecule is CC(C)(C)OC(=O)NC1(C(F)(F)F)CCN(C(=O)O)C1. The fraction of sp³-hybridized carbons (Fsp3) is 0.818. The third kappa shape index (κ3) is 3.67. The number of carbonyl (C=O) groups is 2. The third-order valence-electron chi connectivity index (χ3n) is 2.82. The monoisotopic (exact) mass is 298 g/mol. The Balaban J connectivity index is 2.88. The highest BCUT2D eigenvalue weighted by Gasteiger charge is 2.60. The molecule has 2 amide bonds. The summed E-state index contributed by atoms with van der Waals surface area (Å²) in [6.45, 7) is 3.41. The van der Waals surface area contributed by atoms with Gasteiger partial charge in [-0.2, -0.15) is 13.2 Å². The molecule has 0 aromatic carbocycles. The molecule has 1 aliphatic rings. The molecule has 1 saturated heterocycles. The van der Waals surface area contributed by atoms with E-state index in [1.165, 1.54) is 20.8 Å². The van der Waals surface area contributed by atoms with Crippen molar-refractivity contribution >= 4 is 12.2 Å². The molecule has 0 aliphatic carbocycles. The van der Waals surface area contributed by atoms with E-state index >= 15 is 0 Å². The van der Waals surface area contributed by atoms with E-state index in [2.05, 4.69) is 0 Å². The van der Waals surface area contributed by atoms with Crippen molar-refractivity contribution in [2.75, 3.05) is 13.1 Å². The van der Waals surface area contributed by atoms with Gasteiger partial charge in [-0.1, -0.05) is 0 Å². The topological polar surface area (TPSA) is 78.9 Å². The summed E-state index contributed by atoms with van der Waals surface area (Å²) in [5.74, 6) is 0. The second-order valence-electron chi connectivity index (χ2n) is 5.66. The van der Waals surface area contributed by atoms with Gasteiger partial charge in [0.1, 0.15) is 5.60 Å². The van der Waals surface area contributed by atoms with Crippen LogP contribution in [0.3, 0.4) is 0 Å². The van der Waals surface area contributed by atoms with Crippen molar-refractivity contribution in [2.45, 2.75) is 44.5 Å². The lowest BCUT2D eigenvalue weighted by molar-refractivity contribution is -0.190. The van der Waals surface area contributed by atoms with Gasteiger partial charge in [0.15, 0.2) is 5.54 Å². The lowest BCUT2D eigenvalue weighted by atomic mass is 9.98. The molecule has 1 heterocycles. The molecular formula is C11H17F3N2O4. The number of rotatable bonds is 1. The normalized spacial score (nSPS) is 23.6. The number of nitrogens with zero attached hydrogens (tertiary/aromatic N) is 1. The minimum atomic E-state index is -4.77. The highest BCUT2D eigenvalue weighted by Crippen LogP contribution is 2.38. The summed E-state index contributed by atoms with van der Waals surface area (Å²) < 4.78 is 44.3. The van der Waals surface area contributed by atoms with Gasteiger partial charge in [0.2, 0.25) is 0 Å². The van der Waals surface area contributed by atoms with Crippen LogP contribution < -0.4 is 5.32 Å². The fourth-order valence-electron chi connectivity index (χ4n) is 1.88. The Morgan fingerprint density at radius 2 is 1.85 bits per heavy atom. The summed E-state index contributed by atoms with van der Waals surface area (Å²) in [6, 6.07) is 0. The van der Waals surface area contributed by atoms with Crippen molar-refractivity contribution in [1.29, 1.82) is 0 Å². The van der Waals surface area contributed by atoms with Crippen molar-refractivity contribution in [3.8, 4) is 0 Å². The zero-order valence-electron chi connectivity index (χ0n) is 11.4. The summed E-state index contributed by atoms with van der Waals surface area (Å²) in [5, 5.41) is 10.5. The van der Waals surface area contributed by atoms with E-state index in [1.807, 2.05) is 0 Å². The van der Waals surface area contributed by atoms with Gasteiger partial charge in [-0.15, -0.1) is 0 Å². The quantitative estimate of drug-likeness (QED) is 0.778. The number of hydrogen-bond acceptors (Lipinski definition) is 3. The van der Waals surface area contributed by atoms with Gasteiger partial charge in [0.25, 0.3) is 0 Å². The van der Waals surface area contributed by atoms with Crippen LogP contribution in [0.2, 0.25) is 0 Å². The maximum atomic E-state index is 13.2. The average Bonchev–Trinajstić information content (AvgIpc) is 2.58. The van der Waals surface area contributed by atoms with Crippen molar-refractivity contribution < 1.29 is 32.6 Å². The molecule has 0 radical (unpaired) electrons. The molecule has 9 heteroatoms. The van der Waals surface area contributed by atoms with E-state index < -0.39 is 42.5 Å². The number of halogens is 3. The lowest BCUT2D eigenvalue weighted by Gasteiger charge is -2.33. The molecule has 0 aromatic rings. The van der Waals surface area contributed by atoms with E-state index in [9.17, 15) is 22.8 Å². The number of alkyl halides is 3. The number of ether oxygens (including phenoxy) is 1. The van der Waals surface area contributed by atoms with Crippen molar-refractivity contribution in [2.24, 2.45) is 0 Å². The van der Waals surface area contributed by atoms with Gasteiger partial charge in [0, 0.05) is 6.54 Å². The fourth-order valence-corrected chi connectivity index (χ4v) is 1.88. The maximum absolute atomic E-state index is 13.2. The number of carboxylic acid groups (broad SMARTS) is 1. The summed E-state index contributed by atoms with van der Waals surface area (Å²) >= 11 is 0. The Labute approximate surface area is 113 Å². The van der Waals surface area contributed by atoms with Crippen LogP contribution in [0.15, 0.2) is 0 Å². The largest absolute Gasteiger partial charge is 0.465 e. The minimum Gasteiger partial charge on any atom is -0.465 e. The first-order valence-electron chi connectivity index (χ1n) is 5.92. The Kier molecular flexibility index (Phi) is 4.12. The molecule has 1 aliphatic heterocycles. The van der Waals surface area contributed by atoms with Gasteiger partial charge in [-0.3, -0.25) is 0 Å². The highest BCUT2D eigenvalue weighted by molar-refractivity contribution is 5.70. The lowest BCUT2D eigenvalue weighted by Crippen LogP contribution is -2.61. The number of amides is 2. The van der Waals surface area contributed by atoms with Crippen LogP contribution in [0.1, 0.15) is 27.2 Å². The van der Waals surface area contributed by atoms with E-state index in [0.29, 0.717) is 4.90 Å². The van der Waals surface area contributed by atoms with E-state index in [1.54, 1.807) is 5.32 Å². The number of carbonyl (C=O) groups excluding carboxylic acids is 1. The Bertz CT molecular complexity index is 405. The molecule has 20 heavy (non-hydrogen) atoms. The number of alkyl carbamates (subject to hydrolysis) is 1. The number of nitrogens with one attached hydrogen (secondary N) is 1. The van der Waals surface area contributed by atoms with E-state index in [-0.39, 0.29) is 6.54 Å². The molecule has 0 aromatic heterocycles. The smallest absolute Gasteiger partial charge is 0.413 e. The Hall–Kier alpha value is -1.67. The molecule has 1 fully saturated rings. The molecule has 1 rings (SSSR count). The van der Waals surface area contributed by atoms with Gasteiger partial charge < -0.3 is 20.1 Å². The Morgan fingerprint density at radius 3 is 2.20 bits per heavy atom. The van der Waals surface area contributed by atoms with Gasteiger partial charge in [-0.05, 0) is 27.2 Å². The van der Waals surface area contributed by atoms with E-state index in [4.69, 9.17) is 9.84 Å². The van der Waals surface area contributed by atoms with Crippen LogP contribution in [0.25, 0.3) is 0 Å². The summed E-state index contributed by atoms with van der Waals surface area (Å²) in [5.41, 5.74) is -3.55. The van der Waals surface area contributed by atoms with Gasteiger partial charge in [-0.25, -0.2) is 9.59 Å². The summed E-state index contributed by atoms with van der Waals surface area (Å²) in [6.07, 6.45) is -7.99. The second-order valence-corrected chi connectivity index (χ2v) is 5.66. The van der Waals surface area contributed by atoms with Crippen molar-refractivity contribution in [3.05, 3.63) is 0 Å². The first-order valence-corrected chi connectivity index (χ1v) is 5.92. The Morgan fingerprint density at radius 1 is 1.30 bits per heavy atom. The van der Waals surface area contributed by atoms with Crippen LogP contribution >= 0.6 is 0 Å². The van der Waals surface area contributed by atoms with Gasteiger partial charge >= 0.3 is 18.4 Å². The maximum Gasteiger partial charge on any atom is 0.413 e. The standard InChI is InChI=1S/C11H17F3N2O4/c1-9(2,3)20-7(17)15-10(11(12,13)14)4-5-16(6-10)8(18)19/h4-6H2,1-3H3,(H,15,17)(H,18,19). The van der Waals surface area contributed by atoms with Crippen LogP contribution in [-0.4, -0.2) is 52.6 Å². The van der Waals surface area contributed by atoms with Crippen LogP contribution in [0.5, 0.6) is 0 Å². The molecule has 0 bridgehead atoms. The summed E-state index contributed by atoms with van der Waals surface area (Å²) in [7, 11) is 0. The zero-order valence-corrected chi connectivity index (χ0v) is 11.4. The molecule has 116 valence electrons. The van der Waals surface area contributed by atoms with Crippen LogP contribution in [0, 0.1) is 0 Å². The van der Waals surface area contributed by atoms with Crippen molar-refractivity contribution in [3.63, 3.8) is 0 Å². The van der Waals surface area contributed by atoms with Crippen LogP contribution in [0.4, 0.5) is 22.8 Å². The third-order valence-corrected chi connectivity index (χ3v) is 2.82. The molecule has 2 N–H and O–H groups in total. The van der Waals surface area contributed by atoms with Crippen LogP contribution in [-0.2, 0) is 4.74 Å². The minimum absolute atomic E-state index is 0.301. The molecule has 0 spiro atoms. The molecule has 6 nitrogen and oxygen atoms in total. The van der Waals surface area contributed by atoms with Gasteiger partial charge in [0.05, 0.1) is 6.54 Å². The average molecular weight is 298 g/mol. The highest BCUT2D eigenvalue weighted by atomic mass is 19.4. The number of likely N-dealkylation sites (tertiary alicyclic amines) is 1. The predicted octanol–water partition coefficient (Wildman–Crippen LogP) is 2.20. The molecule has 1 atom stereocenters. The first-order chi connectivity index (χ1) is 8.86. The second kappa shape index (κ2) is 5.02. The van der Waals surface area contributed by atoms with Crippen molar-refractivity contribution in [1.82, 2.24) is 10.2 Å². The van der Waals surface area contributed by atoms with E-state index in [0.717, 1.165) is 0 Å². The summed E-state index contributed by atoms with van der Waals surface area (Å²) in [4.78, 5) is 22.9. The predicted molar refractivity (Wildman–Crippen MR) is 62.4 cm³/mol. The number of hydrogen-bond donors (Lipinski definition) is 2. The first kappa shape index (κ1) is 16.4. The molecule has 1 unspecified atom stereocenters.